The van der Waals surface area contributed by atoms with E-state index in [-0.39, 0.29) is 11.4 Å². The van der Waals surface area contributed by atoms with E-state index >= 15 is 0 Å². The Labute approximate surface area is 101 Å². The number of hydrogen-bond acceptors (Lipinski definition) is 2. The number of nitrogens with one attached hydrogen (secondary N) is 2. The number of hydrogen-bond donors (Lipinski definition) is 2. The standard InChI is InChI=1S/C12H17ClN2O/c1-12(2,14-3)8-11(16)15-10-7-5-4-6-9(10)13/h4-7,14H,8H2,1-3H3,(H,15,16). The van der Waals surface area contributed by atoms with Crippen LogP contribution in [0.5, 0.6) is 0 Å². The zero-order valence-electron chi connectivity index (χ0n) is 9.80. The van der Waals surface area contributed by atoms with E-state index in [1.165, 1.54) is 0 Å². The van der Waals surface area contributed by atoms with Gasteiger partial charge in [-0.2, -0.15) is 0 Å². The first kappa shape index (κ1) is 13.0. The fourth-order valence-corrected chi connectivity index (χ4v) is 1.43. The predicted octanol–water partition coefficient (Wildman–Crippen LogP) is 2.67. The predicted molar refractivity (Wildman–Crippen MR) is 67.8 cm³/mol. The molecular weight excluding hydrogens is 224 g/mol. The van der Waals surface area contributed by atoms with Gasteiger partial charge in [-0.3, -0.25) is 4.79 Å². The quantitative estimate of drug-likeness (QED) is 0.850. The van der Waals surface area contributed by atoms with Crippen molar-refractivity contribution in [3.63, 3.8) is 0 Å². The van der Waals surface area contributed by atoms with Gasteiger partial charge in [0.15, 0.2) is 0 Å². The van der Waals surface area contributed by atoms with Gasteiger partial charge in [-0.05, 0) is 33.0 Å². The van der Waals surface area contributed by atoms with Crippen molar-refractivity contribution in [1.82, 2.24) is 5.32 Å². The molecule has 88 valence electrons. The van der Waals surface area contributed by atoms with Crippen molar-refractivity contribution in [2.24, 2.45) is 0 Å². The zero-order valence-corrected chi connectivity index (χ0v) is 10.6. The van der Waals surface area contributed by atoms with Crippen molar-refractivity contribution < 1.29 is 4.79 Å². The molecule has 2 N–H and O–H groups in total. The van der Waals surface area contributed by atoms with E-state index in [1.54, 1.807) is 12.1 Å². The summed E-state index contributed by atoms with van der Waals surface area (Å²) in [6.45, 7) is 3.94. The molecule has 1 aromatic carbocycles. The third-order valence-corrected chi connectivity index (χ3v) is 2.76. The third kappa shape index (κ3) is 3.83. The summed E-state index contributed by atoms with van der Waals surface area (Å²) in [5, 5.41) is 6.42. The Morgan fingerprint density at radius 1 is 1.38 bits per heavy atom. The SMILES string of the molecule is CNC(C)(C)CC(=O)Nc1ccccc1Cl. The van der Waals surface area contributed by atoms with Crippen molar-refractivity contribution in [3.05, 3.63) is 29.3 Å². The number of carbonyl (C=O) groups excluding carboxylic acids is 1. The van der Waals surface area contributed by atoms with Crippen molar-refractivity contribution in [1.29, 1.82) is 0 Å². The summed E-state index contributed by atoms with van der Waals surface area (Å²) < 4.78 is 0. The van der Waals surface area contributed by atoms with Crippen LogP contribution < -0.4 is 10.6 Å². The van der Waals surface area contributed by atoms with Crippen LogP contribution in [0.15, 0.2) is 24.3 Å². The lowest BCUT2D eigenvalue weighted by atomic mass is 10.0. The van der Waals surface area contributed by atoms with Gasteiger partial charge in [-0.15, -0.1) is 0 Å². The Hall–Kier alpha value is -1.06. The second-order valence-corrected chi connectivity index (χ2v) is 4.75. The largest absolute Gasteiger partial charge is 0.325 e. The molecule has 0 heterocycles. The van der Waals surface area contributed by atoms with Crippen molar-refractivity contribution in [2.75, 3.05) is 12.4 Å². The lowest BCUT2D eigenvalue weighted by Gasteiger charge is -2.23. The molecular formula is C12H17ClN2O. The van der Waals surface area contributed by atoms with Gasteiger partial charge in [0.2, 0.25) is 5.91 Å². The van der Waals surface area contributed by atoms with Crippen LogP contribution in [0.1, 0.15) is 20.3 Å². The molecule has 0 spiro atoms. The third-order valence-electron chi connectivity index (χ3n) is 2.43. The zero-order chi connectivity index (χ0) is 12.2. The van der Waals surface area contributed by atoms with Crippen LogP contribution in [0.3, 0.4) is 0 Å². The van der Waals surface area contributed by atoms with Crippen molar-refractivity contribution >= 4 is 23.2 Å². The van der Waals surface area contributed by atoms with Crippen LogP contribution in [0.2, 0.25) is 5.02 Å². The fourth-order valence-electron chi connectivity index (χ4n) is 1.25. The Morgan fingerprint density at radius 2 is 2.00 bits per heavy atom. The number of anilines is 1. The molecule has 0 aliphatic heterocycles. The Morgan fingerprint density at radius 3 is 2.56 bits per heavy atom. The van der Waals surface area contributed by atoms with Gasteiger partial charge in [0.05, 0.1) is 10.7 Å². The highest BCUT2D eigenvalue weighted by atomic mass is 35.5. The number of para-hydroxylation sites is 1. The monoisotopic (exact) mass is 240 g/mol. The maximum absolute atomic E-state index is 11.7. The molecule has 0 fully saturated rings. The van der Waals surface area contributed by atoms with Crippen LogP contribution in [-0.2, 0) is 4.79 Å². The number of rotatable bonds is 4. The van der Waals surface area contributed by atoms with E-state index in [0.29, 0.717) is 17.1 Å². The van der Waals surface area contributed by atoms with E-state index in [0.717, 1.165) is 0 Å². The van der Waals surface area contributed by atoms with E-state index in [4.69, 9.17) is 11.6 Å². The molecule has 1 aromatic rings. The van der Waals surface area contributed by atoms with Crippen LogP contribution in [-0.4, -0.2) is 18.5 Å². The summed E-state index contributed by atoms with van der Waals surface area (Å²) in [6.07, 6.45) is 0.398. The van der Waals surface area contributed by atoms with E-state index in [9.17, 15) is 4.79 Å². The van der Waals surface area contributed by atoms with Crippen LogP contribution in [0, 0.1) is 0 Å². The lowest BCUT2D eigenvalue weighted by Crippen LogP contribution is -2.39. The number of benzene rings is 1. The molecule has 3 nitrogen and oxygen atoms in total. The first-order chi connectivity index (χ1) is 7.44. The molecule has 0 radical (unpaired) electrons. The molecule has 0 aliphatic carbocycles. The normalized spacial score (nSPS) is 11.2. The average Bonchev–Trinajstić information content (AvgIpc) is 2.21. The molecule has 16 heavy (non-hydrogen) atoms. The molecule has 0 aliphatic rings. The number of amides is 1. The second-order valence-electron chi connectivity index (χ2n) is 4.34. The van der Waals surface area contributed by atoms with Gasteiger partial charge >= 0.3 is 0 Å². The van der Waals surface area contributed by atoms with E-state index in [2.05, 4.69) is 10.6 Å². The highest BCUT2D eigenvalue weighted by Crippen LogP contribution is 2.21. The summed E-state index contributed by atoms with van der Waals surface area (Å²) in [6, 6.07) is 7.20. The molecule has 1 amide bonds. The Balaban J connectivity index is 2.62. The van der Waals surface area contributed by atoms with Gasteiger partial charge < -0.3 is 10.6 Å². The topological polar surface area (TPSA) is 41.1 Å². The minimum atomic E-state index is -0.217. The van der Waals surface area contributed by atoms with Gasteiger partial charge in [-0.1, -0.05) is 23.7 Å². The summed E-state index contributed by atoms with van der Waals surface area (Å²) in [7, 11) is 1.84. The molecule has 4 heteroatoms. The Bertz CT molecular complexity index is 377. The number of carbonyl (C=O) groups is 1. The molecule has 0 atom stereocenters. The molecule has 0 aromatic heterocycles. The second kappa shape index (κ2) is 5.32. The first-order valence-corrected chi connectivity index (χ1v) is 5.56. The number of halogens is 1. The molecule has 0 unspecified atom stereocenters. The smallest absolute Gasteiger partial charge is 0.226 e. The highest BCUT2D eigenvalue weighted by molar-refractivity contribution is 6.33. The van der Waals surface area contributed by atoms with Crippen LogP contribution in [0.25, 0.3) is 0 Å². The summed E-state index contributed by atoms with van der Waals surface area (Å²) in [4.78, 5) is 11.7. The maximum atomic E-state index is 11.7. The summed E-state index contributed by atoms with van der Waals surface area (Å²) in [5.41, 5.74) is 0.437. The molecule has 1 rings (SSSR count). The van der Waals surface area contributed by atoms with E-state index in [1.807, 2.05) is 33.0 Å². The maximum Gasteiger partial charge on any atom is 0.226 e. The minimum absolute atomic E-state index is 0.0487. The van der Waals surface area contributed by atoms with Gasteiger partial charge in [-0.25, -0.2) is 0 Å². The van der Waals surface area contributed by atoms with Gasteiger partial charge in [0.1, 0.15) is 0 Å². The molecule has 0 saturated heterocycles. The van der Waals surface area contributed by atoms with Gasteiger partial charge in [0.25, 0.3) is 0 Å². The highest BCUT2D eigenvalue weighted by Gasteiger charge is 2.19. The molecule has 0 saturated carbocycles. The van der Waals surface area contributed by atoms with Crippen molar-refractivity contribution in [3.8, 4) is 0 Å². The Kier molecular flexibility index (Phi) is 4.33. The van der Waals surface area contributed by atoms with Crippen LogP contribution >= 0.6 is 11.6 Å². The fraction of sp³-hybridized carbons (Fsp3) is 0.417. The summed E-state index contributed by atoms with van der Waals surface area (Å²) >= 11 is 5.94. The van der Waals surface area contributed by atoms with Crippen molar-refractivity contribution in [2.45, 2.75) is 25.8 Å². The van der Waals surface area contributed by atoms with E-state index < -0.39 is 0 Å². The molecule has 0 bridgehead atoms. The van der Waals surface area contributed by atoms with Gasteiger partial charge in [0, 0.05) is 12.0 Å². The average molecular weight is 241 g/mol. The van der Waals surface area contributed by atoms with Crippen LogP contribution in [0.4, 0.5) is 5.69 Å². The summed E-state index contributed by atoms with van der Waals surface area (Å²) in [5.74, 6) is -0.0487. The first-order valence-electron chi connectivity index (χ1n) is 5.18. The lowest BCUT2D eigenvalue weighted by molar-refractivity contribution is -0.117. The minimum Gasteiger partial charge on any atom is -0.325 e.